The van der Waals surface area contributed by atoms with Crippen molar-refractivity contribution in [3.8, 4) is 0 Å². The van der Waals surface area contributed by atoms with E-state index in [0.717, 1.165) is 0 Å². The minimum absolute atomic E-state index is 0.0289. The first-order chi connectivity index (χ1) is 5.72. The Morgan fingerprint density at radius 1 is 1.42 bits per heavy atom. The Morgan fingerprint density at radius 2 is 2.17 bits per heavy atom. The Kier molecular flexibility index (Phi) is 2.39. The first kappa shape index (κ1) is 8.89. The van der Waals surface area contributed by atoms with Gasteiger partial charge in [0, 0.05) is 4.75 Å². The number of rotatable bonds is 2. The highest BCUT2D eigenvalue weighted by Gasteiger charge is 2.42. The Balaban J connectivity index is 1.96. The van der Waals surface area contributed by atoms with Crippen LogP contribution in [0.5, 0.6) is 0 Å². The van der Waals surface area contributed by atoms with Gasteiger partial charge in [0.1, 0.15) is 0 Å². The first-order valence-corrected chi connectivity index (χ1v) is 6.03. The Morgan fingerprint density at radius 3 is 2.58 bits per heavy atom. The molecule has 0 radical (unpaired) electrons. The molecule has 12 heavy (non-hydrogen) atoms. The molecule has 2 aliphatic rings. The van der Waals surface area contributed by atoms with Gasteiger partial charge in [0.15, 0.2) is 0 Å². The van der Waals surface area contributed by atoms with Gasteiger partial charge in [-0.15, -0.1) is 0 Å². The lowest BCUT2D eigenvalue weighted by molar-refractivity contribution is 0.0340. The molecule has 1 nitrogen and oxygen atoms in total. The smallest absolute Gasteiger partial charge is 0.0712 e. The number of hydrogen-bond acceptors (Lipinski definition) is 2. The van der Waals surface area contributed by atoms with Gasteiger partial charge in [-0.1, -0.05) is 6.42 Å². The van der Waals surface area contributed by atoms with Crippen LogP contribution in [0.3, 0.4) is 0 Å². The second-order valence-corrected chi connectivity index (χ2v) is 6.03. The molecule has 1 heterocycles. The van der Waals surface area contributed by atoms with Crippen LogP contribution < -0.4 is 0 Å². The van der Waals surface area contributed by atoms with Crippen LogP contribution in [0.1, 0.15) is 39.0 Å². The van der Waals surface area contributed by atoms with Crippen LogP contribution in [-0.2, 0) is 0 Å². The molecular weight excluding hydrogens is 168 g/mol. The highest BCUT2D eigenvalue weighted by Crippen LogP contribution is 2.46. The summed E-state index contributed by atoms with van der Waals surface area (Å²) in [5, 5.41) is 10.1. The fraction of sp³-hybridized carbons (Fsp3) is 1.00. The van der Waals surface area contributed by atoms with Crippen molar-refractivity contribution in [3.63, 3.8) is 0 Å². The number of thioether (sulfide) groups is 1. The van der Waals surface area contributed by atoms with E-state index in [1.165, 1.54) is 37.9 Å². The van der Waals surface area contributed by atoms with Crippen LogP contribution in [0.2, 0.25) is 0 Å². The van der Waals surface area contributed by atoms with Gasteiger partial charge >= 0.3 is 0 Å². The molecular formula is C10H18OS. The summed E-state index contributed by atoms with van der Waals surface area (Å²) in [4.78, 5) is 0. The van der Waals surface area contributed by atoms with Crippen molar-refractivity contribution in [1.82, 2.24) is 0 Å². The zero-order valence-electron chi connectivity index (χ0n) is 7.75. The van der Waals surface area contributed by atoms with Crippen LogP contribution in [0.25, 0.3) is 0 Å². The largest absolute Gasteiger partial charge is 0.391 e. The molecule has 1 saturated heterocycles. The summed E-state index contributed by atoms with van der Waals surface area (Å²) >= 11 is 1.98. The SMILES string of the molecule is CC1(C(O)C2CCC2)CCCS1. The number of aliphatic hydroxyl groups is 1. The fourth-order valence-electron chi connectivity index (χ4n) is 2.29. The Labute approximate surface area is 78.9 Å². The van der Waals surface area contributed by atoms with Gasteiger partial charge in [0.05, 0.1) is 6.10 Å². The predicted octanol–water partition coefficient (Wildman–Crippen LogP) is 2.43. The van der Waals surface area contributed by atoms with E-state index in [-0.39, 0.29) is 10.9 Å². The molecule has 2 rings (SSSR count). The second-order valence-electron chi connectivity index (χ2n) is 4.40. The lowest BCUT2D eigenvalue weighted by atomic mass is 9.76. The summed E-state index contributed by atoms with van der Waals surface area (Å²) in [6.07, 6.45) is 6.34. The van der Waals surface area contributed by atoms with Crippen molar-refractivity contribution in [1.29, 1.82) is 0 Å². The minimum Gasteiger partial charge on any atom is -0.391 e. The number of hydrogen-bond donors (Lipinski definition) is 1. The molecule has 2 fully saturated rings. The van der Waals surface area contributed by atoms with Crippen molar-refractivity contribution in [3.05, 3.63) is 0 Å². The zero-order chi connectivity index (χ0) is 8.60. The third-order valence-electron chi connectivity index (χ3n) is 3.47. The normalized spacial score (nSPS) is 39.5. The molecule has 2 heteroatoms. The molecule has 0 amide bonds. The summed E-state index contributed by atoms with van der Waals surface area (Å²) in [5.41, 5.74) is 0. The molecule has 70 valence electrons. The highest BCUT2D eigenvalue weighted by atomic mass is 32.2. The molecule has 0 spiro atoms. The van der Waals surface area contributed by atoms with Crippen molar-refractivity contribution >= 4 is 11.8 Å². The average Bonchev–Trinajstić information content (AvgIpc) is 2.33. The van der Waals surface area contributed by atoms with E-state index in [1.807, 2.05) is 11.8 Å². The minimum atomic E-state index is -0.0289. The van der Waals surface area contributed by atoms with E-state index in [0.29, 0.717) is 5.92 Å². The maximum Gasteiger partial charge on any atom is 0.0712 e. The lowest BCUT2D eigenvalue weighted by Crippen LogP contribution is -2.42. The van der Waals surface area contributed by atoms with Gasteiger partial charge in [0.2, 0.25) is 0 Å². The molecule has 0 aromatic heterocycles. The van der Waals surface area contributed by atoms with E-state index in [2.05, 4.69) is 6.92 Å². The van der Waals surface area contributed by atoms with Gasteiger partial charge < -0.3 is 5.11 Å². The summed E-state index contributed by atoms with van der Waals surface area (Å²) in [6, 6.07) is 0. The first-order valence-electron chi connectivity index (χ1n) is 5.04. The van der Waals surface area contributed by atoms with Crippen molar-refractivity contribution < 1.29 is 5.11 Å². The highest BCUT2D eigenvalue weighted by molar-refractivity contribution is 8.00. The maximum absolute atomic E-state index is 10.1. The topological polar surface area (TPSA) is 20.2 Å². The molecule has 1 N–H and O–H groups in total. The van der Waals surface area contributed by atoms with Crippen molar-refractivity contribution in [2.24, 2.45) is 5.92 Å². The summed E-state index contributed by atoms with van der Waals surface area (Å²) in [6.45, 7) is 2.24. The third-order valence-corrected chi connectivity index (χ3v) is 5.07. The summed E-state index contributed by atoms with van der Waals surface area (Å²) < 4.78 is 0.199. The van der Waals surface area contributed by atoms with E-state index < -0.39 is 0 Å². The van der Waals surface area contributed by atoms with Gasteiger partial charge in [-0.3, -0.25) is 0 Å². The van der Waals surface area contributed by atoms with Crippen LogP contribution in [0.15, 0.2) is 0 Å². The molecule has 2 unspecified atom stereocenters. The van der Waals surface area contributed by atoms with Gasteiger partial charge in [-0.05, 0) is 44.3 Å². The summed E-state index contributed by atoms with van der Waals surface area (Å²) in [5.74, 6) is 1.88. The van der Waals surface area contributed by atoms with E-state index >= 15 is 0 Å². The lowest BCUT2D eigenvalue weighted by Gasteiger charge is -2.39. The van der Waals surface area contributed by atoms with Crippen LogP contribution in [0, 0.1) is 5.92 Å². The standard InChI is InChI=1S/C10H18OS/c1-10(6-3-7-12-10)9(11)8-4-2-5-8/h8-9,11H,2-7H2,1H3. The predicted molar refractivity (Wildman–Crippen MR) is 53.4 cm³/mol. The quantitative estimate of drug-likeness (QED) is 0.715. The van der Waals surface area contributed by atoms with Crippen molar-refractivity contribution in [2.75, 3.05) is 5.75 Å². The van der Waals surface area contributed by atoms with Crippen LogP contribution >= 0.6 is 11.8 Å². The molecule has 0 aromatic rings. The third kappa shape index (κ3) is 1.39. The molecule has 0 bridgehead atoms. The second kappa shape index (κ2) is 3.22. The van der Waals surface area contributed by atoms with Crippen LogP contribution in [-0.4, -0.2) is 21.7 Å². The van der Waals surface area contributed by atoms with E-state index in [4.69, 9.17) is 0 Å². The number of aliphatic hydroxyl groups excluding tert-OH is 1. The van der Waals surface area contributed by atoms with Gasteiger partial charge in [-0.25, -0.2) is 0 Å². The van der Waals surface area contributed by atoms with Crippen LogP contribution in [0.4, 0.5) is 0 Å². The van der Waals surface area contributed by atoms with E-state index in [1.54, 1.807) is 0 Å². The molecule has 2 atom stereocenters. The Bertz CT molecular complexity index is 159. The molecule has 0 aromatic carbocycles. The van der Waals surface area contributed by atoms with Gasteiger partial charge in [-0.2, -0.15) is 11.8 Å². The van der Waals surface area contributed by atoms with E-state index in [9.17, 15) is 5.11 Å². The molecule has 1 aliphatic heterocycles. The Hall–Kier alpha value is 0.310. The maximum atomic E-state index is 10.1. The monoisotopic (exact) mass is 186 g/mol. The average molecular weight is 186 g/mol. The zero-order valence-corrected chi connectivity index (χ0v) is 8.57. The fourth-order valence-corrected chi connectivity index (χ4v) is 3.69. The molecule has 1 saturated carbocycles. The molecule has 1 aliphatic carbocycles. The summed E-state index contributed by atoms with van der Waals surface area (Å²) in [7, 11) is 0. The van der Waals surface area contributed by atoms with Crippen molar-refractivity contribution in [2.45, 2.75) is 49.9 Å². The van der Waals surface area contributed by atoms with Gasteiger partial charge in [0.25, 0.3) is 0 Å².